The van der Waals surface area contributed by atoms with Gasteiger partial charge in [-0.2, -0.15) is 0 Å². The van der Waals surface area contributed by atoms with E-state index in [1.165, 1.54) is 28.4 Å². The van der Waals surface area contributed by atoms with Crippen molar-refractivity contribution in [1.82, 2.24) is 4.98 Å². The average Bonchev–Trinajstić information content (AvgIpc) is 3.45. The number of aliphatic hydroxyl groups is 1. The number of aromatic nitrogens is 1. The van der Waals surface area contributed by atoms with E-state index in [-0.39, 0.29) is 22.9 Å². The number of benzene rings is 3. The SMILES string of the molecule is C=CCOc1ccc(C2/C(=C(\O)c3ccc(F)cc3)C(=O)C(=O)N2c2nc3ccc(Cl)cc3s2)cc1OCC. The number of fused-ring (bicyclic) bond motifs is 1. The van der Waals surface area contributed by atoms with E-state index < -0.39 is 29.3 Å². The van der Waals surface area contributed by atoms with Gasteiger partial charge in [0.25, 0.3) is 5.78 Å². The minimum absolute atomic E-state index is 0.161. The van der Waals surface area contributed by atoms with Crippen molar-refractivity contribution in [3.63, 3.8) is 0 Å². The van der Waals surface area contributed by atoms with Gasteiger partial charge in [0, 0.05) is 10.6 Å². The average molecular weight is 565 g/mol. The molecule has 1 amide bonds. The van der Waals surface area contributed by atoms with Crippen molar-refractivity contribution < 1.29 is 28.6 Å². The van der Waals surface area contributed by atoms with Gasteiger partial charge in [-0.05, 0) is 67.1 Å². The third-order valence-corrected chi connectivity index (χ3v) is 7.30. The molecule has 2 heterocycles. The van der Waals surface area contributed by atoms with Crippen LogP contribution in [0.15, 0.2) is 78.9 Å². The Balaban J connectivity index is 1.72. The van der Waals surface area contributed by atoms with Crippen molar-refractivity contribution in [3.8, 4) is 11.5 Å². The molecule has 1 N–H and O–H groups in total. The minimum Gasteiger partial charge on any atom is -0.507 e. The Hall–Kier alpha value is -4.21. The number of thiazole rings is 1. The molecule has 7 nitrogen and oxygen atoms in total. The standard InChI is InChI=1S/C29H22ClFN2O5S/c1-3-13-38-21-12-7-17(14-22(21)37-4-2)25-24(26(34)16-5-9-19(31)10-6-16)27(35)28(36)33(25)29-32-20-11-8-18(30)15-23(20)39-29/h3,5-12,14-15,25,34H,1,4,13H2,2H3/b26-24+. The monoisotopic (exact) mass is 564 g/mol. The Kier molecular flexibility index (Phi) is 7.36. The number of anilines is 1. The van der Waals surface area contributed by atoms with Crippen LogP contribution in [-0.4, -0.2) is 35.0 Å². The molecule has 5 rings (SSSR count). The third-order valence-electron chi connectivity index (χ3n) is 6.05. The molecular weight excluding hydrogens is 543 g/mol. The zero-order chi connectivity index (χ0) is 27.7. The molecular formula is C29H22ClFN2O5S. The molecule has 3 aromatic carbocycles. The van der Waals surface area contributed by atoms with E-state index in [0.29, 0.717) is 34.2 Å². The molecule has 0 spiro atoms. The van der Waals surface area contributed by atoms with E-state index in [9.17, 15) is 19.1 Å². The molecule has 0 radical (unpaired) electrons. The van der Waals surface area contributed by atoms with Crippen molar-refractivity contribution in [2.75, 3.05) is 18.1 Å². The van der Waals surface area contributed by atoms with Crippen LogP contribution in [0, 0.1) is 5.82 Å². The summed E-state index contributed by atoms with van der Waals surface area (Å²) in [5, 5.41) is 12.0. The van der Waals surface area contributed by atoms with Gasteiger partial charge in [-0.25, -0.2) is 9.37 Å². The van der Waals surface area contributed by atoms with Crippen LogP contribution in [0.2, 0.25) is 5.02 Å². The Morgan fingerprint density at radius 3 is 2.62 bits per heavy atom. The van der Waals surface area contributed by atoms with E-state index >= 15 is 0 Å². The molecule has 1 saturated heterocycles. The fraction of sp³-hybridized carbons (Fsp3) is 0.138. The smallest absolute Gasteiger partial charge is 0.301 e. The van der Waals surface area contributed by atoms with Crippen LogP contribution >= 0.6 is 22.9 Å². The van der Waals surface area contributed by atoms with Gasteiger partial charge in [0.05, 0.1) is 28.4 Å². The predicted molar refractivity (Wildman–Crippen MR) is 149 cm³/mol. The highest BCUT2D eigenvalue weighted by Gasteiger charge is 2.48. The number of carbonyl (C=O) groups is 2. The summed E-state index contributed by atoms with van der Waals surface area (Å²) in [5.41, 5.74) is 1.10. The number of ketones is 1. The zero-order valence-electron chi connectivity index (χ0n) is 20.7. The van der Waals surface area contributed by atoms with Gasteiger partial charge in [-0.3, -0.25) is 14.5 Å². The number of ether oxygens (including phenoxy) is 2. The second-order valence-corrected chi connectivity index (χ2v) is 9.97. The highest BCUT2D eigenvalue weighted by Crippen LogP contribution is 2.46. The summed E-state index contributed by atoms with van der Waals surface area (Å²) in [5.74, 6) is -1.86. The van der Waals surface area contributed by atoms with Gasteiger partial charge in [0.15, 0.2) is 16.6 Å². The quantitative estimate of drug-likeness (QED) is 0.111. The van der Waals surface area contributed by atoms with E-state index in [2.05, 4.69) is 11.6 Å². The lowest BCUT2D eigenvalue weighted by Crippen LogP contribution is -2.29. The highest BCUT2D eigenvalue weighted by molar-refractivity contribution is 7.22. The van der Waals surface area contributed by atoms with Crippen LogP contribution in [0.3, 0.4) is 0 Å². The van der Waals surface area contributed by atoms with Gasteiger partial charge in [-0.1, -0.05) is 41.7 Å². The largest absolute Gasteiger partial charge is 0.507 e. The third kappa shape index (κ3) is 4.98. The summed E-state index contributed by atoms with van der Waals surface area (Å²) >= 11 is 7.34. The number of rotatable bonds is 8. The summed E-state index contributed by atoms with van der Waals surface area (Å²) in [7, 11) is 0. The van der Waals surface area contributed by atoms with Gasteiger partial charge >= 0.3 is 5.91 Å². The fourth-order valence-corrected chi connectivity index (χ4v) is 5.60. The normalized spacial score (nSPS) is 16.6. The number of carbonyl (C=O) groups excluding carboxylic acids is 2. The lowest BCUT2D eigenvalue weighted by Gasteiger charge is -2.24. The van der Waals surface area contributed by atoms with E-state index in [4.69, 9.17) is 21.1 Å². The molecule has 10 heteroatoms. The van der Waals surface area contributed by atoms with Crippen LogP contribution in [0.1, 0.15) is 24.1 Å². The van der Waals surface area contributed by atoms with Crippen LogP contribution in [0.5, 0.6) is 11.5 Å². The van der Waals surface area contributed by atoms with Crippen LogP contribution in [-0.2, 0) is 9.59 Å². The Morgan fingerprint density at radius 2 is 1.90 bits per heavy atom. The minimum atomic E-state index is -1.06. The van der Waals surface area contributed by atoms with E-state index in [0.717, 1.165) is 16.8 Å². The first kappa shape index (κ1) is 26.4. The number of nitrogens with zero attached hydrogens (tertiary/aromatic N) is 2. The zero-order valence-corrected chi connectivity index (χ0v) is 22.3. The summed E-state index contributed by atoms with van der Waals surface area (Å²) in [6, 6.07) is 14.1. The Morgan fingerprint density at radius 1 is 1.13 bits per heavy atom. The van der Waals surface area contributed by atoms with Crippen LogP contribution in [0.4, 0.5) is 9.52 Å². The number of hydrogen-bond donors (Lipinski definition) is 1. The Bertz CT molecular complexity index is 1630. The number of Topliss-reactive ketones (excluding diaryl/α,β-unsaturated/α-hetero) is 1. The highest BCUT2D eigenvalue weighted by atomic mass is 35.5. The molecule has 39 heavy (non-hydrogen) atoms. The van der Waals surface area contributed by atoms with Gasteiger partial charge in [-0.15, -0.1) is 0 Å². The van der Waals surface area contributed by atoms with Crippen molar-refractivity contribution in [1.29, 1.82) is 0 Å². The molecule has 0 aliphatic carbocycles. The molecule has 1 fully saturated rings. The summed E-state index contributed by atoms with van der Waals surface area (Å²) in [6.07, 6.45) is 1.60. The molecule has 1 unspecified atom stereocenters. The topological polar surface area (TPSA) is 89.0 Å². The molecule has 198 valence electrons. The maximum atomic E-state index is 13.6. The molecule has 1 aliphatic heterocycles. The van der Waals surface area contributed by atoms with E-state index in [1.54, 1.807) is 42.5 Å². The van der Waals surface area contributed by atoms with Crippen molar-refractivity contribution in [2.45, 2.75) is 13.0 Å². The maximum absolute atomic E-state index is 13.6. The maximum Gasteiger partial charge on any atom is 0.301 e. The lowest BCUT2D eigenvalue weighted by atomic mass is 9.95. The van der Waals surface area contributed by atoms with Crippen molar-refractivity contribution in [2.24, 2.45) is 0 Å². The first-order valence-electron chi connectivity index (χ1n) is 12.0. The number of halogens is 2. The summed E-state index contributed by atoms with van der Waals surface area (Å²) in [6.45, 7) is 6.06. The molecule has 4 aromatic rings. The molecule has 0 bridgehead atoms. The van der Waals surface area contributed by atoms with Gasteiger partial charge in [0.2, 0.25) is 0 Å². The van der Waals surface area contributed by atoms with Gasteiger partial charge < -0.3 is 14.6 Å². The van der Waals surface area contributed by atoms with Crippen LogP contribution in [0.25, 0.3) is 16.0 Å². The molecule has 1 aromatic heterocycles. The van der Waals surface area contributed by atoms with Crippen molar-refractivity contribution >= 4 is 55.7 Å². The summed E-state index contributed by atoms with van der Waals surface area (Å²) < 4.78 is 25.8. The van der Waals surface area contributed by atoms with Crippen LogP contribution < -0.4 is 14.4 Å². The van der Waals surface area contributed by atoms with Crippen molar-refractivity contribution in [3.05, 3.63) is 101 Å². The fourth-order valence-electron chi connectivity index (χ4n) is 4.33. The molecule has 1 aliphatic rings. The number of hydrogen-bond acceptors (Lipinski definition) is 7. The first-order valence-corrected chi connectivity index (χ1v) is 13.1. The summed E-state index contributed by atoms with van der Waals surface area (Å²) in [4.78, 5) is 32.8. The van der Waals surface area contributed by atoms with E-state index in [1.807, 2.05) is 6.92 Å². The number of aliphatic hydroxyl groups excluding tert-OH is 1. The Labute approximate surface area is 232 Å². The second-order valence-electron chi connectivity index (χ2n) is 8.52. The molecule has 1 atom stereocenters. The predicted octanol–water partition coefficient (Wildman–Crippen LogP) is 6.68. The second kappa shape index (κ2) is 10.9. The first-order chi connectivity index (χ1) is 18.8. The number of amides is 1. The van der Waals surface area contributed by atoms with Gasteiger partial charge in [0.1, 0.15) is 18.2 Å². The lowest BCUT2D eigenvalue weighted by molar-refractivity contribution is -0.132. The molecule has 0 saturated carbocycles.